The van der Waals surface area contributed by atoms with E-state index in [0.29, 0.717) is 13.0 Å². The summed E-state index contributed by atoms with van der Waals surface area (Å²) >= 11 is 0. The highest BCUT2D eigenvalue weighted by Crippen LogP contribution is 2.07. The van der Waals surface area contributed by atoms with Gasteiger partial charge in [-0.15, -0.1) is 0 Å². The molecule has 0 amide bonds. The van der Waals surface area contributed by atoms with E-state index < -0.39 is 9.84 Å². The van der Waals surface area contributed by atoms with Crippen LogP contribution in [0, 0.1) is 0 Å². The fourth-order valence-corrected chi connectivity index (χ4v) is 1.75. The molecule has 0 saturated heterocycles. The van der Waals surface area contributed by atoms with Crippen molar-refractivity contribution in [2.24, 2.45) is 0 Å². The van der Waals surface area contributed by atoms with Gasteiger partial charge >= 0.3 is 6.01 Å². The van der Waals surface area contributed by atoms with Crippen LogP contribution in [0.5, 0.6) is 6.01 Å². The fraction of sp³-hybridized carbons (Fsp3) is 0.625. The summed E-state index contributed by atoms with van der Waals surface area (Å²) in [5, 5.41) is 2.85. The Balaban J connectivity index is 2.49. The van der Waals surface area contributed by atoms with Crippen LogP contribution >= 0.6 is 0 Å². The molecule has 9 heteroatoms. The van der Waals surface area contributed by atoms with Crippen molar-refractivity contribution in [1.82, 2.24) is 15.0 Å². The van der Waals surface area contributed by atoms with Crippen molar-refractivity contribution < 1.29 is 13.2 Å². The number of aromatic nitrogens is 3. The number of methoxy groups -OCH3 is 1. The van der Waals surface area contributed by atoms with Gasteiger partial charge in [-0.1, -0.05) is 0 Å². The molecule has 0 unspecified atom stereocenters. The third-order valence-electron chi connectivity index (χ3n) is 1.79. The molecule has 0 bridgehead atoms. The molecule has 0 aliphatic carbocycles. The maximum atomic E-state index is 10.9. The summed E-state index contributed by atoms with van der Waals surface area (Å²) in [4.78, 5) is 11.4. The van der Waals surface area contributed by atoms with Gasteiger partial charge in [0.05, 0.1) is 12.9 Å². The van der Waals surface area contributed by atoms with Gasteiger partial charge in [-0.25, -0.2) is 8.42 Å². The smallest absolute Gasteiger partial charge is 0.322 e. The van der Waals surface area contributed by atoms with Crippen molar-refractivity contribution in [1.29, 1.82) is 0 Å². The molecule has 0 fully saturated rings. The van der Waals surface area contributed by atoms with Gasteiger partial charge in [-0.2, -0.15) is 15.0 Å². The van der Waals surface area contributed by atoms with Crippen molar-refractivity contribution >= 4 is 21.7 Å². The molecule has 1 aromatic rings. The number of sulfone groups is 1. The van der Waals surface area contributed by atoms with Crippen molar-refractivity contribution in [2.75, 3.05) is 36.7 Å². The minimum atomic E-state index is -2.94. The number of nitrogens with one attached hydrogen (secondary N) is 1. The van der Waals surface area contributed by atoms with E-state index in [-0.39, 0.29) is 23.7 Å². The van der Waals surface area contributed by atoms with E-state index in [1.807, 2.05) is 0 Å². The summed E-state index contributed by atoms with van der Waals surface area (Å²) in [7, 11) is -1.52. The zero-order chi connectivity index (χ0) is 12.9. The first-order valence-electron chi connectivity index (χ1n) is 4.88. The van der Waals surface area contributed by atoms with Gasteiger partial charge in [0, 0.05) is 12.8 Å². The highest BCUT2D eigenvalue weighted by Gasteiger charge is 2.05. The highest BCUT2D eigenvalue weighted by molar-refractivity contribution is 7.90. The van der Waals surface area contributed by atoms with E-state index >= 15 is 0 Å². The number of nitrogens with two attached hydrogens (primary N) is 1. The summed E-state index contributed by atoms with van der Waals surface area (Å²) in [6, 6.07) is 0.114. The Morgan fingerprint density at radius 3 is 2.65 bits per heavy atom. The summed E-state index contributed by atoms with van der Waals surface area (Å²) in [6.07, 6.45) is 1.66. The first-order chi connectivity index (χ1) is 7.90. The van der Waals surface area contributed by atoms with Crippen LogP contribution in [-0.2, 0) is 9.84 Å². The van der Waals surface area contributed by atoms with E-state index in [0.717, 1.165) is 0 Å². The first-order valence-corrected chi connectivity index (χ1v) is 6.94. The lowest BCUT2D eigenvalue weighted by atomic mass is 10.5. The van der Waals surface area contributed by atoms with Gasteiger partial charge in [-0.3, -0.25) is 0 Å². The van der Waals surface area contributed by atoms with Gasteiger partial charge < -0.3 is 15.8 Å². The van der Waals surface area contributed by atoms with Crippen LogP contribution < -0.4 is 15.8 Å². The first kappa shape index (κ1) is 13.4. The third kappa shape index (κ3) is 5.29. The predicted octanol–water partition coefficient (Wildman–Crippen LogP) is -0.691. The maximum Gasteiger partial charge on any atom is 0.322 e. The lowest BCUT2D eigenvalue weighted by Gasteiger charge is -2.05. The van der Waals surface area contributed by atoms with Crippen LogP contribution in [0.25, 0.3) is 0 Å². The molecule has 1 aromatic heterocycles. The van der Waals surface area contributed by atoms with Crippen LogP contribution in [0.4, 0.5) is 11.9 Å². The van der Waals surface area contributed by atoms with E-state index in [9.17, 15) is 8.42 Å². The Labute approximate surface area is 99.5 Å². The van der Waals surface area contributed by atoms with Crippen LogP contribution in [0.15, 0.2) is 0 Å². The van der Waals surface area contributed by atoms with E-state index in [1.165, 1.54) is 13.4 Å². The Kier molecular flexibility index (Phi) is 4.44. The molecule has 3 N–H and O–H groups in total. The highest BCUT2D eigenvalue weighted by atomic mass is 32.2. The second-order valence-corrected chi connectivity index (χ2v) is 5.67. The number of rotatable bonds is 6. The molecule has 96 valence electrons. The number of hydrogen-bond acceptors (Lipinski definition) is 8. The Morgan fingerprint density at radius 1 is 1.35 bits per heavy atom. The lowest BCUT2D eigenvalue weighted by molar-refractivity contribution is 0.379. The third-order valence-corrected chi connectivity index (χ3v) is 2.82. The van der Waals surface area contributed by atoms with Crippen molar-refractivity contribution in [3.05, 3.63) is 0 Å². The zero-order valence-electron chi connectivity index (χ0n) is 9.67. The number of ether oxygens (including phenoxy) is 1. The molecule has 0 aromatic carbocycles. The van der Waals surface area contributed by atoms with Crippen LogP contribution in [0.2, 0.25) is 0 Å². The molecule has 0 spiro atoms. The summed E-state index contributed by atoms with van der Waals surface area (Å²) in [5.41, 5.74) is 5.43. The minimum Gasteiger partial charge on any atom is -0.467 e. The van der Waals surface area contributed by atoms with Gasteiger partial charge in [0.1, 0.15) is 9.84 Å². The number of anilines is 2. The largest absolute Gasteiger partial charge is 0.467 e. The molecule has 0 aliphatic rings. The monoisotopic (exact) mass is 261 g/mol. The molecule has 0 radical (unpaired) electrons. The fourth-order valence-electron chi connectivity index (χ4n) is 1.08. The molecule has 8 nitrogen and oxygen atoms in total. The zero-order valence-corrected chi connectivity index (χ0v) is 10.5. The number of nitrogen functional groups attached to an aromatic ring is 1. The van der Waals surface area contributed by atoms with Crippen molar-refractivity contribution in [3.8, 4) is 6.01 Å². The van der Waals surface area contributed by atoms with Crippen LogP contribution in [0.3, 0.4) is 0 Å². The summed E-state index contributed by atoms with van der Waals surface area (Å²) in [6.45, 7) is 0.430. The van der Waals surface area contributed by atoms with Gasteiger partial charge in [0.15, 0.2) is 0 Å². The number of nitrogens with zero attached hydrogens (tertiary/aromatic N) is 3. The molecule has 0 saturated carbocycles. The van der Waals surface area contributed by atoms with E-state index in [4.69, 9.17) is 10.5 Å². The topological polar surface area (TPSA) is 120 Å². The molecular weight excluding hydrogens is 246 g/mol. The second-order valence-electron chi connectivity index (χ2n) is 3.41. The maximum absolute atomic E-state index is 10.9. The molecule has 0 atom stereocenters. The Morgan fingerprint density at radius 2 is 2.06 bits per heavy atom. The van der Waals surface area contributed by atoms with E-state index in [2.05, 4.69) is 20.3 Å². The SMILES string of the molecule is COc1nc(N)nc(NCCCS(C)(=O)=O)n1. The quantitative estimate of drug-likeness (QED) is 0.645. The number of hydrogen-bond donors (Lipinski definition) is 2. The Hall–Kier alpha value is -1.64. The normalized spacial score (nSPS) is 11.2. The molecule has 17 heavy (non-hydrogen) atoms. The Bertz CT molecular complexity index is 476. The predicted molar refractivity (Wildman–Crippen MR) is 63.6 cm³/mol. The standard InChI is InChI=1S/C8H15N5O3S/c1-16-8-12-6(9)11-7(13-8)10-4-3-5-17(2,14)15/h3-5H2,1-2H3,(H3,9,10,11,12,13). The van der Waals surface area contributed by atoms with Gasteiger partial charge in [0.25, 0.3) is 0 Å². The minimum absolute atomic E-state index is 0.0439. The molecule has 1 rings (SSSR count). The summed E-state index contributed by atoms with van der Waals surface area (Å²) < 4.78 is 26.6. The average Bonchev–Trinajstić information content (AvgIpc) is 2.22. The lowest BCUT2D eigenvalue weighted by Crippen LogP contribution is -2.12. The van der Waals surface area contributed by atoms with Gasteiger partial charge in [0.2, 0.25) is 11.9 Å². The van der Waals surface area contributed by atoms with Gasteiger partial charge in [-0.05, 0) is 6.42 Å². The molecule has 0 aliphatic heterocycles. The molecule has 1 heterocycles. The summed E-state index contributed by atoms with van der Waals surface area (Å²) in [5.74, 6) is 0.419. The second kappa shape index (κ2) is 5.62. The molecular formula is C8H15N5O3S. The average molecular weight is 261 g/mol. The van der Waals surface area contributed by atoms with Crippen LogP contribution in [0.1, 0.15) is 6.42 Å². The van der Waals surface area contributed by atoms with Crippen LogP contribution in [-0.4, -0.2) is 49.0 Å². The van der Waals surface area contributed by atoms with Crippen molar-refractivity contribution in [3.63, 3.8) is 0 Å². The van der Waals surface area contributed by atoms with E-state index in [1.54, 1.807) is 0 Å². The van der Waals surface area contributed by atoms with Crippen molar-refractivity contribution in [2.45, 2.75) is 6.42 Å².